The molecule has 1 atom stereocenters. The molecule has 1 aliphatic rings. The lowest BCUT2D eigenvalue weighted by atomic mass is 9.82. The number of H-pyrrole nitrogens is 1. The molecule has 1 aromatic heterocycles. The van der Waals surface area contributed by atoms with Crippen LogP contribution >= 0.6 is 0 Å². The lowest BCUT2D eigenvalue weighted by Crippen LogP contribution is -2.32. The van der Waals surface area contributed by atoms with Gasteiger partial charge in [-0.1, -0.05) is 12.1 Å². The van der Waals surface area contributed by atoms with Crippen molar-refractivity contribution in [3.8, 4) is 23.0 Å². The molecule has 0 spiro atoms. The summed E-state index contributed by atoms with van der Waals surface area (Å²) in [6, 6.07) is 10.1. The summed E-state index contributed by atoms with van der Waals surface area (Å²) in [6.45, 7) is 1.76. The number of aromatic amines is 1. The largest absolute Gasteiger partial charge is 0.502 e. The maximum atomic E-state index is 13.2. The van der Waals surface area contributed by atoms with Crippen LogP contribution < -0.4 is 25.5 Å². The second-order valence-corrected chi connectivity index (χ2v) is 7.05. The van der Waals surface area contributed by atoms with Crippen LogP contribution in [0.4, 0.5) is 0 Å². The number of pyridine rings is 1. The van der Waals surface area contributed by atoms with Gasteiger partial charge < -0.3 is 34.8 Å². The first kappa shape index (κ1) is 21.1. The summed E-state index contributed by atoms with van der Waals surface area (Å²) in [4.78, 5) is 28.9. The molecule has 0 radical (unpaired) electrons. The van der Waals surface area contributed by atoms with Gasteiger partial charge in [0.25, 0.3) is 5.56 Å². The lowest BCUT2D eigenvalue weighted by Gasteiger charge is -2.29. The number of rotatable bonds is 5. The minimum absolute atomic E-state index is 0.0325. The number of fused-ring (bicyclic) bond motifs is 3. The van der Waals surface area contributed by atoms with Gasteiger partial charge in [-0.25, -0.2) is 4.79 Å². The zero-order valence-electron chi connectivity index (χ0n) is 17.7. The van der Waals surface area contributed by atoms with Crippen LogP contribution in [-0.2, 0) is 9.53 Å². The number of benzene rings is 2. The molecule has 0 amide bonds. The Morgan fingerprint density at radius 2 is 1.84 bits per heavy atom. The molecule has 4 rings (SSSR count). The van der Waals surface area contributed by atoms with E-state index in [0.29, 0.717) is 16.5 Å². The third-order valence-corrected chi connectivity index (χ3v) is 5.29. The highest BCUT2D eigenvalue weighted by Gasteiger charge is 2.39. The molecule has 2 heterocycles. The van der Waals surface area contributed by atoms with E-state index in [1.54, 1.807) is 31.2 Å². The first-order valence-electron chi connectivity index (χ1n) is 9.85. The number of esters is 1. The van der Waals surface area contributed by atoms with Crippen molar-refractivity contribution in [3.63, 3.8) is 0 Å². The second-order valence-electron chi connectivity index (χ2n) is 7.05. The van der Waals surface area contributed by atoms with Crippen LogP contribution in [0.3, 0.4) is 0 Å². The van der Waals surface area contributed by atoms with Crippen molar-refractivity contribution >= 4 is 16.9 Å². The fourth-order valence-electron chi connectivity index (χ4n) is 3.89. The maximum absolute atomic E-state index is 13.2. The van der Waals surface area contributed by atoms with E-state index < -0.39 is 17.4 Å². The van der Waals surface area contributed by atoms with Gasteiger partial charge in [-0.05, 0) is 36.8 Å². The van der Waals surface area contributed by atoms with Gasteiger partial charge in [0.1, 0.15) is 11.3 Å². The number of hydrogen-bond acceptors (Lipinski definition) is 8. The molecule has 0 fully saturated rings. The van der Waals surface area contributed by atoms with Gasteiger partial charge in [0.05, 0.1) is 37.8 Å². The molecule has 32 heavy (non-hydrogen) atoms. The van der Waals surface area contributed by atoms with Gasteiger partial charge in [-0.15, -0.1) is 0 Å². The number of phenolic OH excluding ortho intramolecular Hbond substituents is 1. The molecule has 3 aromatic rings. The first-order chi connectivity index (χ1) is 15.4. The van der Waals surface area contributed by atoms with Crippen molar-refractivity contribution in [1.29, 1.82) is 0 Å². The van der Waals surface area contributed by atoms with Crippen molar-refractivity contribution in [2.75, 3.05) is 20.8 Å². The molecule has 2 aromatic carbocycles. The molecular formula is C23H22N2O7. The number of aromatic hydroxyl groups is 1. The van der Waals surface area contributed by atoms with Gasteiger partial charge in [0.15, 0.2) is 11.5 Å². The Labute approximate surface area is 183 Å². The molecule has 4 N–H and O–H groups in total. The summed E-state index contributed by atoms with van der Waals surface area (Å²) in [5.74, 6) is -1.63. The van der Waals surface area contributed by atoms with Crippen LogP contribution in [0, 0.1) is 0 Å². The van der Waals surface area contributed by atoms with E-state index in [4.69, 9.17) is 24.7 Å². The predicted octanol–water partition coefficient (Wildman–Crippen LogP) is 2.51. The fourth-order valence-corrected chi connectivity index (χ4v) is 3.89. The van der Waals surface area contributed by atoms with Crippen LogP contribution in [0.1, 0.15) is 24.0 Å². The number of nitrogens with one attached hydrogen (secondary N) is 1. The molecule has 1 aliphatic heterocycles. The summed E-state index contributed by atoms with van der Waals surface area (Å²) in [7, 11) is 2.76. The van der Waals surface area contributed by atoms with Crippen LogP contribution in [0.15, 0.2) is 52.6 Å². The number of methoxy groups -OCH3 is 2. The van der Waals surface area contributed by atoms with Crippen LogP contribution in [0.5, 0.6) is 23.0 Å². The Morgan fingerprint density at radius 1 is 1.19 bits per heavy atom. The zero-order chi connectivity index (χ0) is 23.0. The topological polar surface area (TPSA) is 133 Å². The van der Waals surface area contributed by atoms with Crippen molar-refractivity contribution in [3.05, 3.63) is 69.3 Å². The molecule has 0 saturated carbocycles. The highest BCUT2D eigenvalue weighted by Crippen LogP contribution is 2.47. The maximum Gasteiger partial charge on any atom is 0.340 e. The van der Waals surface area contributed by atoms with E-state index in [1.807, 2.05) is 0 Å². The van der Waals surface area contributed by atoms with E-state index in [9.17, 15) is 14.7 Å². The third kappa shape index (κ3) is 3.27. The predicted molar refractivity (Wildman–Crippen MR) is 116 cm³/mol. The van der Waals surface area contributed by atoms with E-state index in [0.717, 1.165) is 0 Å². The zero-order valence-corrected chi connectivity index (χ0v) is 17.7. The van der Waals surface area contributed by atoms with Gasteiger partial charge in [-0.2, -0.15) is 0 Å². The number of nitrogens with two attached hydrogens (primary N) is 1. The summed E-state index contributed by atoms with van der Waals surface area (Å²) in [6.07, 6.45) is 0. The molecule has 0 aliphatic carbocycles. The molecule has 9 nitrogen and oxygen atoms in total. The molecule has 0 unspecified atom stereocenters. The minimum atomic E-state index is -0.963. The second kappa shape index (κ2) is 8.18. The molecule has 9 heteroatoms. The number of ether oxygens (including phenoxy) is 4. The highest BCUT2D eigenvalue weighted by atomic mass is 16.5. The average molecular weight is 438 g/mol. The summed E-state index contributed by atoms with van der Waals surface area (Å²) in [5.41, 5.74) is 6.87. The van der Waals surface area contributed by atoms with Gasteiger partial charge in [-0.3, -0.25) is 4.79 Å². The van der Waals surface area contributed by atoms with Crippen LogP contribution in [0.25, 0.3) is 10.9 Å². The normalized spacial score (nSPS) is 15.2. The summed E-state index contributed by atoms with van der Waals surface area (Å²) >= 11 is 0. The van der Waals surface area contributed by atoms with Crippen molar-refractivity contribution in [2.45, 2.75) is 12.8 Å². The van der Waals surface area contributed by atoms with Gasteiger partial charge >= 0.3 is 5.97 Å². The minimum Gasteiger partial charge on any atom is -0.502 e. The lowest BCUT2D eigenvalue weighted by molar-refractivity contribution is -0.139. The standard InChI is InChI=1S/C23H22N2O7/c1-4-31-23(28)18-16(11-9-14(29-2)19(26)15(10-11)30-3)17-20(32-21(18)24)12-7-5-6-8-13(12)25-22(17)27/h5-10,16,26H,4,24H2,1-3H3,(H,25,27)/t16-/m1/s1. The smallest absolute Gasteiger partial charge is 0.340 e. The highest BCUT2D eigenvalue weighted by molar-refractivity contribution is 5.95. The third-order valence-electron chi connectivity index (χ3n) is 5.29. The SMILES string of the molecule is CCOC(=O)C1=C(N)Oc2c(c(=O)[nH]c3ccccc23)[C@H]1c1cc(OC)c(O)c(OC)c1. The quantitative estimate of drug-likeness (QED) is 0.518. The summed E-state index contributed by atoms with van der Waals surface area (Å²) < 4.78 is 21.6. The molecule has 0 saturated heterocycles. The number of carbonyl (C=O) groups excluding carboxylic acids is 1. The fraction of sp³-hybridized carbons (Fsp3) is 0.217. The Hall–Kier alpha value is -4.14. The molecule has 166 valence electrons. The molecular weight excluding hydrogens is 416 g/mol. The van der Waals surface area contributed by atoms with E-state index in [-0.39, 0.29) is 46.6 Å². The molecule has 0 bridgehead atoms. The summed E-state index contributed by atoms with van der Waals surface area (Å²) in [5, 5.41) is 11.0. The van der Waals surface area contributed by atoms with Crippen molar-refractivity contribution in [1.82, 2.24) is 4.98 Å². The number of aromatic nitrogens is 1. The Balaban J connectivity index is 2.08. The van der Waals surface area contributed by atoms with E-state index in [2.05, 4.69) is 4.98 Å². The average Bonchev–Trinajstić information content (AvgIpc) is 2.78. The Bertz CT molecular complexity index is 1280. The van der Waals surface area contributed by atoms with Gasteiger partial charge in [0.2, 0.25) is 11.6 Å². The Kier molecular flexibility index (Phi) is 5.40. The van der Waals surface area contributed by atoms with Crippen LogP contribution in [-0.4, -0.2) is 36.9 Å². The van der Waals surface area contributed by atoms with E-state index >= 15 is 0 Å². The van der Waals surface area contributed by atoms with Crippen LogP contribution in [0.2, 0.25) is 0 Å². The number of carbonyl (C=O) groups is 1. The van der Waals surface area contributed by atoms with Crippen molar-refractivity contribution < 1.29 is 28.8 Å². The number of para-hydroxylation sites is 1. The monoisotopic (exact) mass is 438 g/mol. The van der Waals surface area contributed by atoms with Gasteiger partial charge in [0, 0.05) is 5.39 Å². The van der Waals surface area contributed by atoms with E-state index in [1.165, 1.54) is 26.4 Å². The number of phenols is 1. The Morgan fingerprint density at radius 3 is 2.47 bits per heavy atom. The first-order valence-corrected chi connectivity index (χ1v) is 9.85. The van der Waals surface area contributed by atoms with Crippen molar-refractivity contribution in [2.24, 2.45) is 5.73 Å². The number of hydrogen-bond donors (Lipinski definition) is 3.